The lowest BCUT2D eigenvalue weighted by atomic mass is 9.91. The van der Waals surface area contributed by atoms with E-state index in [9.17, 15) is 4.79 Å². The van der Waals surface area contributed by atoms with E-state index in [1.165, 1.54) is 0 Å². The van der Waals surface area contributed by atoms with E-state index >= 15 is 0 Å². The van der Waals surface area contributed by atoms with Crippen LogP contribution in [0.1, 0.15) is 17.0 Å². The number of carbonyl (C=O) groups is 1. The topological polar surface area (TPSA) is 63.4 Å². The van der Waals surface area contributed by atoms with Gasteiger partial charge in [-0.1, -0.05) is 48.0 Å². The first-order valence-electron chi connectivity index (χ1n) is 9.99. The van der Waals surface area contributed by atoms with Crippen LogP contribution < -0.4 is 14.8 Å². The largest absolute Gasteiger partial charge is 0.497 e. The molecule has 0 saturated heterocycles. The molecule has 0 unspecified atom stereocenters. The summed E-state index contributed by atoms with van der Waals surface area (Å²) in [5.41, 5.74) is 3.27. The number of carbonyl (C=O) groups excluding carboxylic acids is 1. The van der Waals surface area contributed by atoms with Crippen molar-refractivity contribution in [2.45, 2.75) is 5.92 Å². The molecule has 0 saturated carbocycles. The van der Waals surface area contributed by atoms with E-state index in [-0.39, 0.29) is 18.4 Å². The van der Waals surface area contributed by atoms with Crippen molar-refractivity contribution in [3.8, 4) is 11.5 Å². The standard InChI is InChI=1S/C25H23ClN2O3/c1-30-19-11-9-17(10-12-19)22(23-15-27-24-8-3-2-7-21(23)24)14-28-25(29)16-31-20-6-4-5-18(26)13-20/h2-13,15,22,27H,14,16H2,1H3,(H,28,29)/t22-/m1/s1. The van der Waals surface area contributed by atoms with E-state index in [1.807, 2.05) is 48.7 Å². The van der Waals surface area contributed by atoms with Crippen molar-refractivity contribution in [3.63, 3.8) is 0 Å². The Balaban J connectivity index is 1.51. The Kier molecular flexibility index (Phi) is 6.43. The number of amides is 1. The first kappa shape index (κ1) is 20.8. The van der Waals surface area contributed by atoms with Gasteiger partial charge in [0.2, 0.25) is 0 Å². The Morgan fingerprint density at radius 2 is 1.84 bits per heavy atom. The summed E-state index contributed by atoms with van der Waals surface area (Å²) in [5.74, 6) is 1.13. The number of fused-ring (bicyclic) bond motifs is 1. The zero-order valence-electron chi connectivity index (χ0n) is 17.1. The molecule has 0 spiro atoms. The number of rotatable bonds is 8. The lowest BCUT2D eigenvalue weighted by Gasteiger charge is -2.19. The fourth-order valence-corrected chi connectivity index (χ4v) is 3.78. The summed E-state index contributed by atoms with van der Waals surface area (Å²) < 4.78 is 10.8. The number of methoxy groups -OCH3 is 1. The van der Waals surface area contributed by atoms with Crippen molar-refractivity contribution in [2.75, 3.05) is 20.3 Å². The molecule has 1 aromatic heterocycles. The zero-order valence-corrected chi connectivity index (χ0v) is 17.9. The summed E-state index contributed by atoms with van der Waals surface area (Å²) in [6.07, 6.45) is 2.01. The third kappa shape index (κ3) is 5.01. The minimum absolute atomic E-state index is 0.0304. The Hall–Kier alpha value is -3.44. The van der Waals surface area contributed by atoms with Gasteiger partial charge in [0, 0.05) is 34.6 Å². The number of aromatic amines is 1. The van der Waals surface area contributed by atoms with Gasteiger partial charge in [-0.2, -0.15) is 0 Å². The molecule has 1 heterocycles. The van der Waals surface area contributed by atoms with Crippen LogP contribution in [-0.4, -0.2) is 31.2 Å². The van der Waals surface area contributed by atoms with Crippen LogP contribution in [0.15, 0.2) is 79.0 Å². The molecule has 5 nitrogen and oxygen atoms in total. The summed E-state index contributed by atoms with van der Waals surface area (Å²) in [7, 11) is 1.65. The quantitative estimate of drug-likeness (QED) is 0.402. The summed E-state index contributed by atoms with van der Waals surface area (Å²) in [6.45, 7) is 0.357. The zero-order chi connectivity index (χ0) is 21.6. The average molecular weight is 435 g/mol. The number of nitrogens with one attached hydrogen (secondary N) is 2. The second-order valence-electron chi connectivity index (χ2n) is 7.17. The normalized spacial score (nSPS) is 11.8. The van der Waals surface area contributed by atoms with Gasteiger partial charge in [0.05, 0.1) is 7.11 Å². The average Bonchev–Trinajstić information content (AvgIpc) is 3.22. The molecule has 1 amide bonds. The lowest BCUT2D eigenvalue weighted by molar-refractivity contribution is -0.123. The van der Waals surface area contributed by atoms with Crippen LogP contribution in [0.4, 0.5) is 0 Å². The van der Waals surface area contributed by atoms with Gasteiger partial charge in [-0.05, 0) is 47.5 Å². The maximum atomic E-state index is 12.5. The molecule has 0 aliphatic heterocycles. The van der Waals surface area contributed by atoms with Gasteiger partial charge in [0.1, 0.15) is 11.5 Å². The molecule has 0 bridgehead atoms. The number of ether oxygens (including phenoxy) is 2. The first-order valence-corrected chi connectivity index (χ1v) is 10.4. The highest BCUT2D eigenvalue weighted by molar-refractivity contribution is 6.30. The molecule has 1 atom stereocenters. The van der Waals surface area contributed by atoms with Crippen LogP contribution >= 0.6 is 11.6 Å². The molecular weight excluding hydrogens is 412 g/mol. The number of benzene rings is 3. The van der Waals surface area contributed by atoms with Crippen molar-refractivity contribution >= 4 is 28.4 Å². The van der Waals surface area contributed by atoms with Gasteiger partial charge in [0.25, 0.3) is 5.91 Å². The molecule has 4 rings (SSSR count). The van der Waals surface area contributed by atoms with Crippen molar-refractivity contribution in [1.82, 2.24) is 10.3 Å². The second-order valence-corrected chi connectivity index (χ2v) is 7.60. The number of hydrogen-bond donors (Lipinski definition) is 2. The highest BCUT2D eigenvalue weighted by atomic mass is 35.5. The highest BCUT2D eigenvalue weighted by Gasteiger charge is 2.19. The van der Waals surface area contributed by atoms with E-state index in [0.29, 0.717) is 17.3 Å². The Bertz CT molecular complexity index is 1170. The minimum atomic E-state index is -0.196. The maximum absolute atomic E-state index is 12.5. The molecule has 0 aliphatic carbocycles. The van der Waals surface area contributed by atoms with Crippen LogP contribution in [0.2, 0.25) is 5.02 Å². The van der Waals surface area contributed by atoms with Crippen molar-refractivity contribution < 1.29 is 14.3 Å². The van der Waals surface area contributed by atoms with Crippen LogP contribution in [0.3, 0.4) is 0 Å². The summed E-state index contributed by atoms with van der Waals surface area (Å²) in [5, 5.41) is 4.70. The van der Waals surface area contributed by atoms with Crippen molar-refractivity contribution in [1.29, 1.82) is 0 Å². The molecule has 4 aromatic rings. The summed E-state index contributed by atoms with van der Waals surface area (Å²) in [6, 6.07) is 23.1. The molecule has 3 aromatic carbocycles. The number of halogens is 1. The Morgan fingerprint density at radius 3 is 2.61 bits per heavy atom. The van der Waals surface area contributed by atoms with Crippen molar-refractivity contribution in [2.24, 2.45) is 0 Å². The fraction of sp³-hybridized carbons (Fsp3) is 0.160. The third-order valence-electron chi connectivity index (χ3n) is 5.18. The van der Waals surface area contributed by atoms with E-state index in [2.05, 4.69) is 16.4 Å². The fourth-order valence-electron chi connectivity index (χ4n) is 3.60. The Morgan fingerprint density at radius 1 is 1.03 bits per heavy atom. The SMILES string of the molecule is COc1ccc([C@@H](CNC(=O)COc2cccc(Cl)c2)c2c[nH]c3ccccc23)cc1. The summed E-state index contributed by atoms with van der Waals surface area (Å²) in [4.78, 5) is 15.8. The minimum Gasteiger partial charge on any atom is -0.497 e. The number of hydrogen-bond acceptors (Lipinski definition) is 3. The van der Waals surface area contributed by atoms with Gasteiger partial charge >= 0.3 is 0 Å². The van der Waals surface area contributed by atoms with Gasteiger partial charge < -0.3 is 19.8 Å². The van der Waals surface area contributed by atoms with Gasteiger partial charge in [0.15, 0.2) is 6.61 Å². The maximum Gasteiger partial charge on any atom is 0.257 e. The molecular formula is C25H23ClN2O3. The first-order chi connectivity index (χ1) is 15.1. The predicted octanol–water partition coefficient (Wildman–Crippen LogP) is 5.16. The lowest BCUT2D eigenvalue weighted by Crippen LogP contribution is -2.32. The molecule has 6 heteroatoms. The van der Waals surface area contributed by atoms with Crippen LogP contribution in [0.5, 0.6) is 11.5 Å². The molecule has 158 valence electrons. The van der Waals surface area contributed by atoms with Crippen LogP contribution in [0, 0.1) is 0 Å². The van der Waals surface area contributed by atoms with E-state index in [0.717, 1.165) is 27.8 Å². The number of H-pyrrole nitrogens is 1. The Labute approximate surface area is 186 Å². The molecule has 31 heavy (non-hydrogen) atoms. The molecule has 2 N–H and O–H groups in total. The van der Waals surface area contributed by atoms with Gasteiger partial charge in [-0.15, -0.1) is 0 Å². The van der Waals surface area contributed by atoms with E-state index in [4.69, 9.17) is 21.1 Å². The van der Waals surface area contributed by atoms with E-state index < -0.39 is 0 Å². The van der Waals surface area contributed by atoms with Gasteiger partial charge in [-0.3, -0.25) is 4.79 Å². The van der Waals surface area contributed by atoms with E-state index in [1.54, 1.807) is 31.4 Å². The summed E-state index contributed by atoms with van der Waals surface area (Å²) >= 11 is 5.96. The highest BCUT2D eigenvalue weighted by Crippen LogP contribution is 2.31. The molecule has 0 fully saturated rings. The van der Waals surface area contributed by atoms with Crippen LogP contribution in [0.25, 0.3) is 10.9 Å². The monoisotopic (exact) mass is 434 g/mol. The molecule has 0 radical (unpaired) electrons. The predicted molar refractivity (Wildman–Crippen MR) is 123 cm³/mol. The second kappa shape index (κ2) is 9.58. The van der Waals surface area contributed by atoms with Crippen molar-refractivity contribution in [3.05, 3.63) is 95.1 Å². The number of para-hydroxylation sites is 1. The van der Waals surface area contributed by atoms with Crippen LogP contribution in [-0.2, 0) is 4.79 Å². The smallest absolute Gasteiger partial charge is 0.257 e. The number of aromatic nitrogens is 1. The molecule has 0 aliphatic rings. The van der Waals surface area contributed by atoms with Gasteiger partial charge in [-0.25, -0.2) is 0 Å². The third-order valence-corrected chi connectivity index (χ3v) is 5.42.